The number of nitrogens with one attached hydrogen (secondary N) is 1. The number of likely N-dealkylation sites (tertiary alicyclic amines) is 1. The Bertz CT molecular complexity index is 601. The Hall–Kier alpha value is -0.700. The summed E-state index contributed by atoms with van der Waals surface area (Å²) in [5.74, 6) is -0.583. The van der Waals surface area contributed by atoms with Crippen molar-refractivity contribution in [2.24, 2.45) is 0 Å². The Balaban J connectivity index is 2.20. The summed E-state index contributed by atoms with van der Waals surface area (Å²) in [5.41, 5.74) is 5.52. The first-order valence-corrected chi connectivity index (χ1v) is 8.52. The second-order valence-corrected chi connectivity index (χ2v) is 7.54. The van der Waals surface area contributed by atoms with E-state index in [9.17, 15) is 12.8 Å². The first-order chi connectivity index (χ1) is 9.29. The molecule has 1 heterocycles. The van der Waals surface area contributed by atoms with Crippen molar-refractivity contribution < 1.29 is 12.8 Å². The van der Waals surface area contributed by atoms with Crippen molar-refractivity contribution in [1.29, 1.82) is 0 Å². The molecule has 8 heteroatoms. The molecule has 3 N–H and O–H groups in total. The van der Waals surface area contributed by atoms with Crippen LogP contribution in [0.2, 0.25) is 0 Å². The summed E-state index contributed by atoms with van der Waals surface area (Å²) in [5, 5.41) is 0. The van der Waals surface area contributed by atoms with Gasteiger partial charge in [0.1, 0.15) is 10.7 Å². The lowest BCUT2D eigenvalue weighted by Gasteiger charge is -2.29. The van der Waals surface area contributed by atoms with Gasteiger partial charge in [0, 0.05) is 6.04 Å². The van der Waals surface area contributed by atoms with Crippen molar-refractivity contribution >= 4 is 31.6 Å². The number of halogens is 2. The maximum atomic E-state index is 13.3. The van der Waals surface area contributed by atoms with Gasteiger partial charge in [-0.05, 0) is 61.0 Å². The predicted octanol–water partition coefficient (Wildman–Crippen LogP) is 1.54. The number of nitrogens with two attached hydrogens (primary N) is 1. The zero-order valence-electron chi connectivity index (χ0n) is 11.1. The summed E-state index contributed by atoms with van der Waals surface area (Å²) in [6.07, 6.45) is 1.50. The zero-order chi connectivity index (χ0) is 14.9. The van der Waals surface area contributed by atoms with Crippen LogP contribution in [0.15, 0.2) is 21.5 Å². The minimum absolute atomic E-state index is 0.0791. The second-order valence-electron chi connectivity index (χ2n) is 5.00. The molecule has 0 unspecified atom stereocenters. The number of piperidine rings is 1. The molecule has 5 nitrogen and oxygen atoms in total. The predicted molar refractivity (Wildman–Crippen MR) is 79.4 cm³/mol. The van der Waals surface area contributed by atoms with E-state index in [4.69, 9.17) is 5.73 Å². The highest BCUT2D eigenvalue weighted by molar-refractivity contribution is 9.10. The summed E-state index contributed by atoms with van der Waals surface area (Å²) < 4.78 is 40.7. The average Bonchev–Trinajstić information content (AvgIpc) is 2.36. The maximum Gasteiger partial charge on any atom is 0.242 e. The second kappa shape index (κ2) is 5.97. The number of hydrogen-bond donors (Lipinski definition) is 2. The Morgan fingerprint density at radius 2 is 2.00 bits per heavy atom. The van der Waals surface area contributed by atoms with Crippen LogP contribution in [0.5, 0.6) is 0 Å². The van der Waals surface area contributed by atoms with E-state index in [2.05, 4.69) is 25.6 Å². The molecule has 1 aromatic rings. The van der Waals surface area contributed by atoms with Crippen LogP contribution >= 0.6 is 15.9 Å². The molecule has 0 bridgehead atoms. The quantitative estimate of drug-likeness (QED) is 0.796. The van der Waals surface area contributed by atoms with E-state index >= 15 is 0 Å². The highest BCUT2D eigenvalue weighted by Crippen LogP contribution is 2.26. The molecule has 0 aliphatic carbocycles. The molecular weight excluding hydrogens is 349 g/mol. The van der Waals surface area contributed by atoms with Crippen molar-refractivity contribution in [2.75, 3.05) is 25.9 Å². The molecule has 0 spiro atoms. The fourth-order valence-electron chi connectivity index (χ4n) is 2.19. The van der Waals surface area contributed by atoms with Crippen LogP contribution in [0.1, 0.15) is 12.8 Å². The highest BCUT2D eigenvalue weighted by Gasteiger charge is 2.25. The van der Waals surface area contributed by atoms with Gasteiger partial charge in [-0.15, -0.1) is 0 Å². The van der Waals surface area contributed by atoms with Gasteiger partial charge in [-0.1, -0.05) is 0 Å². The minimum Gasteiger partial charge on any atom is -0.398 e. The third-order valence-electron chi connectivity index (χ3n) is 3.38. The van der Waals surface area contributed by atoms with E-state index < -0.39 is 15.8 Å². The zero-order valence-corrected chi connectivity index (χ0v) is 13.5. The smallest absolute Gasteiger partial charge is 0.242 e. The third kappa shape index (κ3) is 3.49. The summed E-state index contributed by atoms with van der Waals surface area (Å²) in [6, 6.07) is 2.09. The van der Waals surface area contributed by atoms with Gasteiger partial charge in [0.05, 0.1) is 10.2 Å². The Kier molecular flexibility index (Phi) is 4.68. The summed E-state index contributed by atoms with van der Waals surface area (Å²) in [4.78, 5) is 2.05. The SMILES string of the molecule is CN1CCC(NS(=O)(=O)c2cc(Br)c(F)cc2N)CC1. The Morgan fingerprint density at radius 1 is 1.40 bits per heavy atom. The van der Waals surface area contributed by atoms with E-state index in [1.807, 2.05) is 7.05 Å². The maximum absolute atomic E-state index is 13.3. The van der Waals surface area contributed by atoms with E-state index in [0.717, 1.165) is 32.0 Å². The molecule has 0 amide bonds. The normalized spacial score (nSPS) is 18.4. The summed E-state index contributed by atoms with van der Waals surface area (Å²) in [6.45, 7) is 1.69. The molecule has 1 aromatic carbocycles. The molecule has 1 aliphatic heterocycles. The van der Waals surface area contributed by atoms with Gasteiger partial charge in [0.25, 0.3) is 0 Å². The van der Waals surface area contributed by atoms with Gasteiger partial charge in [0.2, 0.25) is 10.0 Å². The number of hydrogen-bond acceptors (Lipinski definition) is 4. The molecular formula is C12H17BrFN3O2S. The molecule has 0 radical (unpaired) electrons. The van der Waals surface area contributed by atoms with Crippen LogP contribution in [0, 0.1) is 5.82 Å². The lowest BCUT2D eigenvalue weighted by Crippen LogP contribution is -2.43. The van der Waals surface area contributed by atoms with Gasteiger partial charge in [-0.2, -0.15) is 0 Å². The molecule has 20 heavy (non-hydrogen) atoms. The van der Waals surface area contributed by atoms with Crippen LogP contribution < -0.4 is 10.5 Å². The average molecular weight is 366 g/mol. The van der Waals surface area contributed by atoms with Crippen molar-refractivity contribution in [3.05, 3.63) is 22.4 Å². The highest BCUT2D eigenvalue weighted by atomic mass is 79.9. The standard InChI is InChI=1S/C12H17BrFN3O2S/c1-17-4-2-8(3-5-17)16-20(18,19)12-6-9(13)10(14)7-11(12)15/h6-8,16H,2-5,15H2,1H3. The van der Waals surface area contributed by atoms with Crippen LogP contribution in [0.4, 0.5) is 10.1 Å². The molecule has 1 saturated heterocycles. The van der Waals surface area contributed by atoms with Crippen LogP contribution in [0.25, 0.3) is 0 Å². The van der Waals surface area contributed by atoms with Gasteiger partial charge in [-0.3, -0.25) is 0 Å². The van der Waals surface area contributed by atoms with Crippen LogP contribution in [-0.4, -0.2) is 39.5 Å². The van der Waals surface area contributed by atoms with Crippen LogP contribution in [-0.2, 0) is 10.0 Å². The molecule has 0 saturated carbocycles. The molecule has 112 valence electrons. The molecule has 1 aliphatic rings. The lowest BCUT2D eigenvalue weighted by atomic mass is 10.1. The monoisotopic (exact) mass is 365 g/mol. The van der Waals surface area contributed by atoms with Gasteiger partial charge in [-0.25, -0.2) is 17.5 Å². The van der Waals surface area contributed by atoms with Crippen molar-refractivity contribution in [3.63, 3.8) is 0 Å². The van der Waals surface area contributed by atoms with E-state index in [0.29, 0.717) is 0 Å². The van der Waals surface area contributed by atoms with E-state index in [-0.39, 0.29) is 21.1 Å². The lowest BCUT2D eigenvalue weighted by molar-refractivity contribution is 0.248. The Labute approximate surface area is 126 Å². The van der Waals surface area contributed by atoms with Crippen molar-refractivity contribution in [1.82, 2.24) is 9.62 Å². The molecule has 0 aromatic heterocycles. The largest absolute Gasteiger partial charge is 0.398 e. The molecule has 2 rings (SSSR count). The van der Waals surface area contributed by atoms with Crippen LogP contribution in [0.3, 0.4) is 0 Å². The van der Waals surface area contributed by atoms with Crippen molar-refractivity contribution in [3.8, 4) is 0 Å². The van der Waals surface area contributed by atoms with Gasteiger partial charge in [0.15, 0.2) is 0 Å². The number of rotatable bonds is 3. The first kappa shape index (κ1) is 15.7. The molecule has 0 atom stereocenters. The fraction of sp³-hybridized carbons (Fsp3) is 0.500. The topological polar surface area (TPSA) is 75.4 Å². The number of anilines is 1. The first-order valence-electron chi connectivity index (χ1n) is 6.25. The number of nitrogen functional groups attached to an aromatic ring is 1. The number of nitrogens with zero attached hydrogens (tertiary/aromatic N) is 1. The van der Waals surface area contributed by atoms with Gasteiger partial charge < -0.3 is 10.6 Å². The Morgan fingerprint density at radius 3 is 2.60 bits per heavy atom. The minimum atomic E-state index is -3.74. The number of sulfonamides is 1. The molecule has 1 fully saturated rings. The van der Waals surface area contributed by atoms with Crippen molar-refractivity contribution in [2.45, 2.75) is 23.8 Å². The third-order valence-corrected chi connectivity index (χ3v) is 5.57. The number of benzene rings is 1. The van der Waals surface area contributed by atoms with E-state index in [1.165, 1.54) is 6.07 Å². The fourth-order valence-corrected chi connectivity index (χ4v) is 4.12. The summed E-state index contributed by atoms with van der Waals surface area (Å²) in [7, 11) is -1.74. The summed E-state index contributed by atoms with van der Waals surface area (Å²) >= 11 is 2.98. The van der Waals surface area contributed by atoms with E-state index in [1.54, 1.807) is 0 Å². The van der Waals surface area contributed by atoms with Gasteiger partial charge >= 0.3 is 0 Å².